The number of hydrogen-bond donors (Lipinski definition) is 1. The zero-order chi connectivity index (χ0) is 12.6. The minimum atomic E-state index is -1.39. The lowest BCUT2D eigenvalue weighted by atomic mass is 10.0. The second-order valence-corrected chi connectivity index (χ2v) is 4.35. The van der Waals surface area contributed by atoms with Crippen LogP contribution in [-0.2, 0) is 4.84 Å². The number of oxime groups is 1. The van der Waals surface area contributed by atoms with E-state index in [9.17, 15) is 9.50 Å². The summed E-state index contributed by atoms with van der Waals surface area (Å²) in [5, 5.41) is 13.4. The van der Waals surface area contributed by atoms with Crippen LogP contribution >= 0.6 is 11.6 Å². The van der Waals surface area contributed by atoms with E-state index in [1.165, 1.54) is 20.1 Å². The maximum atomic E-state index is 13.7. The summed E-state index contributed by atoms with van der Waals surface area (Å²) >= 11 is 5.78. The molecule has 0 aromatic heterocycles. The third kappa shape index (κ3) is 2.35. The molecule has 6 heteroatoms. The molecule has 0 fully saturated rings. The number of ether oxygens (including phenoxy) is 1. The first kappa shape index (κ1) is 12.1. The van der Waals surface area contributed by atoms with E-state index in [-0.39, 0.29) is 17.0 Å². The van der Waals surface area contributed by atoms with Crippen LogP contribution in [0.25, 0.3) is 0 Å². The molecule has 1 aliphatic rings. The molecule has 1 N–H and O–H groups in total. The summed E-state index contributed by atoms with van der Waals surface area (Å²) in [6.45, 7) is 1.45. The highest BCUT2D eigenvalue weighted by Crippen LogP contribution is 2.31. The van der Waals surface area contributed by atoms with E-state index in [0.717, 1.165) is 6.07 Å². The highest BCUT2D eigenvalue weighted by atomic mass is 35.5. The maximum Gasteiger partial charge on any atom is 0.237 e. The van der Waals surface area contributed by atoms with Crippen LogP contribution in [0, 0.1) is 5.82 Å². The zero-order valence-corrected chi connectivity index (χ0v) is 10.1. The van der Waals surface area contributed by atoms with E-state index in [2.05, 4.69) is 5.16 Å². The van der Waals surface area contributed by atoms with E-state index in [4.69, 9.17) is 21.2 Å². The van der Waals surface area contributed by atoms with Gasteiger partial charge in [-0.05, 0) is 12.1 Å². The van der Waals surface area contributed by atoms with Crippen LogP contribution in [0.15, 0.2) is 17.3 Å². The summed E-state index contributed by atoms with van der Waals surface area (Å²) in [5.74, 6) is -1.58. The lowest BCUT2D eigenvalue weighted by molar-refractivity contribution is -0.170. The van der Waals surface area contributed by atoms with Gasteiger partial charge in [-0.3, -0.25) is 0 Å². The Kier molecular flexibility index (Phi) is 2.97. The average molecular weight is 260 g/mol. The van der Waals surface area contributed by atoms with Gasteiger partial charge in [0.15, 0.2) is 0 Å². The van der Waals surface area contributed by atoms with Crippen molar-refractivity contribution < 1.29 is 19.1 Å². The average Bonchev–Trinajstić information content (AvgIpc) is 2.59. The van der Waals surface area contributed by atoms with Crippen LogP contribution in [-0.4, -0.2) is 23.7 Å². The maximum absolute atomic E-state index is 13.7. The second kappa shape index (κ2) is 4.16. The SMILES string of the molecule is COc1cc(C2=NOC(C)(O)C2)c(F)cc1Cl. The van der Waals surface area contributed by atoms with Gasteiger partial charge in [0.25, 0.3) is 0 Å². The predicted octanol–water partition coefficient (Wildman–Crippen LogP) is 2.32. The van der Waals surface area contributed by atoms with Crippen molar-refractivity contribution in [3.05, 3.63) is 28.5 Å². The molecule has 0 amide bonds. The predicted molar refractivity (Wildman–Crippen MR) is 60.8 cm³/mol. The van der Waals surface area contributed by atoms with Crippen molar-refractivity contribution >= 4 is 17.3 Å². The van der Waals surface area contributed by atoms with Crippen LogP contribution in [0.3, 0.4) is 0 Å². The Morgan fingerprint density at radius 3 is 2.82 bits per heavy atom. The Hall–Kier alpha value is -1.33. The standard InChI is InChI=1S/C11H11ClFNO3/c1-11(15)5-9(14-17-11)6-3-10(16-2)7(12)4-8(6)13/h3-4,15H,5H2,1-2H3. The summed E-state index contributed by atoms with van der Waals surface area (Å²) in [7, 11) is 1.44. The molecule has 1 aromatic rings. The quantitative estimate of drug-likeness (QED) is 0.887. The Labute approximate surface area is 103 Å². The largest absolute Gasteiger partial charge is 0.495 e. The van der Waals surface area contributed by atoms with Crippen molar-refractivity contribution in [2.24, 2.45) is 5.16 Å². The van der Waals surface area contributed by atoms with Crippen molar-refractivity contribution in [1.82, 2.24) is 0 Å². The molecule has 0 saturated heterocycles. The molecule has 4 nitrogen and oxygen atoms in total. The third-order valence-corrected chi connectivity index (χ3v) is 2.70. The van der Waals surface area contributed by atoms with Gasteiger partial charge in [-0.25, -0.2) is 4.39 Å². The molecule has 0 bridgehead atoms. The van der Waals surface area contributed by atoms with Crippen LogP contribution < -0.4 is 4.74 Å². The number of aliphatic hydroxyl groups is 1. The van der Waals surface area contributed by atoms with Crippen molar-refractivity contribution in [3.8, 4) is 5.75 Å². The fraction of sp³-hybridized carbons (Fsp3) is 0.364. The second-order valence-electron chi connectivity index (χ2n) is 3.95. The van der Waals surface area contributed by atoms with E-state index >= 15 is 0 Å². The fourth-order valence-electron chi connectivity index (χ4n) is 1.58. The molecular formula is C11H11ClFNO3. The van der Waals surface area contributed by atoms with Crippen molar-refractivity contribution in [1.29, 1.82) is 0 Å². The van der Waals surface area contributed by atoms with Crippen molar-refractivity contribution in [3.63, 3.8) is 0 Å². The third-order valence-electron chi connectivity index (χ3n) is 2.40. The van der Waals surface area contributed by atoms with Gasteiger partial charge in [0.2, 0.25) is 5.79 Å². The van der Waals surface area contributed by atoms with Gasteiger partial charge < -0.3 is 14.7 Å². The lowest BCUT2D eigenvalue weighted by Gasteiger charge is -2.12. The summed E-state index contributed by atoms with van der Waals surface area (Å²) in [5.41, 5.74) is 0.534. The summed E-state index contributed by atoms with van der Waals surface area (Å²) in [4.78, 5) is 4.77. The molecule has 0 saturated carbocycles. The van der Waals surface area contributed by atoms with Gasteiger partial charge >= 0.3 is 0 Å². The van der Waals surface area contributed by atoms with Gasteiger partial charge in [0.1, 0.15) is 11.6 Å². The number of nitrogens with zero attached hydrogens (tertiary/aromatic N) is 1. The molecule has 1 atom stereocenters. The highest BCUT2D eigenvalue weighted by molar-refractivity contribution is 6.32. The molecule has 0 aliphatic carbocycles. The van der Waals surface area contributed by atoms with E-state index in [1.807, 2.05) is 0 Å². The Morgan fingerprint density at radius 1 is 1.59 bits per heavy atom. The van der Waals surface area contributed by atoms with Crippen LogP contribution in [0.1, 0.15) is 18.9 Å². The highest BCUT2D eigenvalue weighted by Gasteiger charge is 2.33. The minimum Gasteiger partial charge on any atom is -0.495 e. The van der Waals surface area contributed by atoms with Crippen LogP contribution in [0.2, 0.25) is 5.02 Å². The Bertz CT molecular complexity index is 488. The van der Waals surface area contributed by atoms with Crippen LogP contribution in [0.4, 0.5) is 4.39 Å². The molecule has 1 unspecified atom stereocenters. The molecule has 92 valence electrons. The summed E-state index contributed by atoms with van der Waals surface area (Å²) in [6, 6.07) is 2.58. The Balaban J connectivity index is 2.40. The van der Waals surface area contributed by atoms with Crippen molar-refractivity contribution in [2.75, 3.05) is 7.11 Å². The van der Waals surface area contributed by atoms with Gasteiger partial charge in [-0.2, -0.15) is 0 Å². The molecule has 17 heavy (non-hydrogen) atoms. The normalized spacial score (nSPS) is 23.2. The molecule has 2 rings (SSSR count). The molecule has 0 radical (unpaired) electrons. The first-order valence-corrected chi connectivity index (χ1v) is 5.31. The number of benzene rings is 1. The number of halogens is 2. The van der Waals surface area contributed by atoms with Gasteiger partial charge in [-0.15, -0.1) is 0 Å². The minimum absolute atomic E-state index is 0.106. The summed E-state index contributed by atoms with van der Waals surface area (Å²) in [6.07, 6.45) is 0.106. The molecular weight excluding hydrogens is 249 g/mol. The van der Waals surface area contributed by atoms with E-state index < -0.39 is 11.6 Å². The fourth-order valence-corrected chi connectivity index (χ4v) is 1.81. The first-order valence-electron chi connectivity index (χ1n) is 4.94. The van der Waals surface area contributed by atoms with Gasteiger partial charge in [-0.1, -0.05) is 16.8 Å². The number of rotatable bonds is 2. The van der Waals surface area contributed by atoms with Crippen molar-refractivity contribution in [2.45, 2.75) is 19.1 Å². The van der Waals surface area contributed by atoms with Gasteiger partial charge in [0, 0.05) is 12.5 Å². The van der Waals surface area contributed by atoms with Crippen LogP contribution in [0.5, 0.6) is 5.75 Å². The molecule has 1 heterocycles. The topological polar surface area (TPSA) is 51.0 Å². The first-order chi connectivity index (χ1) is 7.93. The van der Waals surface area contributed by atoms with E-state index in [0.29, 0.717) is 11.5 Å². The number of hydrogen-bond acceptors (Lipinski definition) is 4. The monoisotopic (exact) mass is 259 g/mol. The number of methoxy groups -OCH3 is 1. The molecule has 1 aliphatic heterocycles. The lowest BCUT2D eigenvalue weighted by Crippen LogP contribution is -2.23. The van der Waals surface area contributed by atoms with E-state index in [1.54, 1.807) is 0 Å². The zero-order valence-electron chi connectivity index (χ0n) is 9.33. The molecule has 0 spiro atoms. The Morgan fingerprint density at radius 2 is 2.29 bits per heavy atom. The smallest absolute Gasteiger partial charge is 0.237 e. The summed E-state index contributed by atoms with van der Waals surface area (Å²) < 4.78 is 18.7. The molecule has 1 aromatic carbocycles. The van der Waals surface area contributed by atoms with Gasteiger partial charge in [0.05, 0.1) is 24.3 Å².